The Balaban J connectivity index is 3.42. The lowest BCUT2D eigenvalue weighted by molar-refractivity contribution is 0.592. The van der Waals surface area contributed by atoms with Crippen molar-refractivity contribution in [1.82, 2.24) is 0 Å². The van der Waals surface area contributed by atoms with Crippen molar-refractivity contribution in [1.29, 1.82) is 0 Å². The fourth-order valence-corrected chi connectivity index (χ4v) is 2.55. The van der Waals surface area contributed by atoms with E-state index in [9.17, 15) is 4.39 Å². The van der Waals surface area contributed by atoms with Crippen LogP contribution in [0.3, 0.4) is 0 Å². The van der Waals surface area contributed by atoms with Gasteiger partial charge < -0.3 is 0 Å². The molecule has 0 saturated carbocycles. The van der Waals surface area contributed by atoms with Gasteiger partial charge in [-0.15, -0.1) is 11.8 Å². The molecule has 1 rings (SSSR count). The van der Waals surface area contributed by atoms with Crippen molar-refractivity contribution >= 4 is 39.3 Å². The summed E-state index contributed by atoms with van der Waals surface area (Å²) in [5.41, 5.74) is 0.607. The predicted molar refractivity (Wildman–Crippen MR) is 55.6 cm³/mol. The fraction of sp³-hybridized carbons (Fsp3) is 0.250. The van der Waals surface area contributed by atoms with Crippen LogP contribution in [0.2, 0.25) is 5.02 Å². The Hall–Kier alpha value is 0.270. The first-order valence-corrected chi connectivity index (χ1v) is 5.65. The Labute approximate surface area is 88.6 Å². The smallest absolute Gasteiger partial charge is 0.141 e. The maximum Gasteiger partial charge on any atom is 0.141 e. The summed E-state index contributed by atoms with van der Waals surface area (Å²) in [5, 5.41) is 0.450. The van der Waals surface area contributed by atoms with E-state index in [1.807, 2.05) is 0 Å². The van der Waals surface area contributed by atoms with Crippen LogP contribution in [0.15, 0.2) is 15.4 Å². The van der Waals surface area contributed by atoms with Gasteiger partial charge in [0.05, 0.1) is 9.92 Å². The molecule has 0 aromatic heterocycles. The lowest BCUT2D eigenvalue weighted by Crippen LogP contribution is -1.88. The highest BCUT2D eigenvalue weighted by molar-refractivity contribution is 9.10. The summed E-state index contributed by atoms with van der Waals surface area (Å²) in [4.78, 5) is 0.503. The van der Waals surface area contributed by atoms with Gasteiger partial charge in [-0.2, -0.15) is 0 Å². The van der Waals surface area contributed by atoms with Crippen LogP contribution in [-0.2, 0) is 0 Å². The second-order valence-corrected chi connectivity index (χ2v) is 4.39. The van der Waals surface area contributed by atoms with E-state index in [1.54, 1.807) is 19.2 Å². The van der Waals surface area contributed by atoms with Crippen molar-refractivity contribution in [2.45, 2.75) is 11.8 Å². The molecule has 1 aromatic carbocycles. The summed E-state index contributed by atoms with van der Waals surface area (Å²) in [7, 11) is 0. The third kappa shape index (κ3) is 1.78. The van der Waals surface area contributed by atoms with Crippen molar-refractivity contribution in [3.8, 4) is 0 Å². The molecule has 4 heteroatoms. The second kappa shape index (κ2) is 3.99. The highest BCUT2D eigenvalue weighted by Gasteiger charge is 2.12. The molecule has 0 radical (unpaired) electrons. The summed E-state index contributed by atoms with van der Waals surface area (Å²) in [6.07, 6.45) is 1.80. The summed E-state index contributed by atoms with van der Waals surface area (Å²) in [6, 6.07) is 1.68. The number of benzene rings is 1. The van der Waals surface area contributed by atoms with E-state index in [0.717, 1.165) is 4.47 Å². The zero-order chi connectivity index (χ0) is 9.30. The number of aryl methyl sites for hydroxylation is 1. The molecular formula is C8H7BrClFS. The standard InChI is InChI=1S/C8H7BrClFS/c1-4-3-5(9)6(10)8(12-2)7(4)11/h3H,1-2H3. The van der Waals surface area contributed by atoms with Crippen molar-refractivity contribution in [2.24, 2.45) is 0 Å². The van der Waals surface area contributed by atoms with Gasteiger partial charge in [-0.25, -0.2) is 4.39 Å². The van der Waals surface area contributed by atoms with Crippen LogP contribution in [0.4, 0.5) is 4.39 Å². The van der Waals surface area contributed by atoms with Gasteiger partial charge in [0.25, 0.3) is 0 Å². The van der Waals surface area contributed by atoms with Crippen molar-refractivity contribution in [2.75, 3.05) is 6.26 Å². The van der Waals surface area contributed by atoms with E-state index in [1.165, 1.54) is 11.8 Å². The van der Waals surface area contributed by atoms with Crippen LogP contribution in [0, 0.1) is 12.7 Å². The van der Waals surface area contributed by atoms with Gasteiger partial charge in [0.2, 0.25) is 0 Å². The maximum absolute atomic E-state index is 13.3. The Morgan fingerprint density at radius 2 is 2.17 bits per heavy atom. The van der Waals surface area contributed by atoms with E-state index in [0.29, 0.717) is 15.5 Å². The van der Waals surface area contributed by atoms with E-state index in [2.05, 4.69) is 15.9 Å². The molecule has 0 spiro atoms. The molecule has 0 amide bonds. The molecule has 0 aliphatic rings. The Morgan fingerprint density at radius 3 is 2.67 bits per heavy atom. The van der Waals surface area contributed by atoms with Crippen LogP contribution in [-0.4, -0.2) is 6.26 Å². The minimum Gasteiger partial charge on any atom is -0.205 e. The summed E-state index contributed by atoms with van der Waals surface area (Å²) in [5.74, 6) is -0.226. The quantitative estimate of drug-likeness (QED) is 0.542. The van der Waals surface area contributed by atoms with Crippen molar-refractivity contribution in [3.05, 3.63) is 26.9 Å². The van der Waals surface area contributed by atoms with E-state index < -0.39 is 0 Å². The van der Waals surface area contributed by atoms with E-state index >= 15 is 0 Å². The Morgan fingerprint density at radius 1 is 1.58 bits per heavy atom. The second-order valence-electron chi connectivity index (χ2n) is 2.34. The monoisotopic (exact) mass is 268 g/mol. The number of hydrogen-bond acceptors (Lipinski definition) is 1. The number of hydrogen-bond donors (Lipinski definition) is 0. The predicted octanol–water partition coefficient (Wildman–Crippen LogP) is 4.27. The molecule has 0 N–H and O–H groups in total. The molecule has 0 nitrogen and oxygen atoms in total. The zero-order valence-electron chi connectivity index (χ0n) is 6.62. The van der Waals surface area contributed by atoms with Gasteiger partial charge in [0.15, 0.2) is 0 Å². The van der Waals surface area contributed by atoms with Gasteiger partial charge in [-0.05, 0) is 40.7 Å². The zero-order valence-corrected chi connectivity index (χ0v) is 9.78. The van der Waals surface area contributed by atoms with Crippen LogP contribution in [0.1, 0.15) is 5.56 Å². The van der Waals surface area contributed by atoms with E-state index in [4.69, 9.17) is 11.6 Å². The molecule has 1 aromatic rings. The molecule has 12 heavy (non-hydrogen) atoms. The first kappa shape index (κ1) is 10.4. The maximum atomic E-state index is 13.3. The largest absolute Gasteiger partial charge is 0.205 e. The van der Waals surface area contributed by atoms with Crippen LogP contribution < -0.4 is 0 Å². The van der Waals surface area contributed by atoms with Crippen molar-refractivity contribution in [3.63, 3.8) is 0 Å². The topological polar surface area (TPSA) is 0 Å². The number of halogens is 3. The molecule has 0 heterocycles. The molecule has 0 fully saturated rings. The molecule has 0 aliphatic heterocycles. The number of thioether (sulfide) groups is 1. The van der Waals surface area contributed by atoms with Gasteiger partial charge in [0.1, 0.15) is 5.82 Å². The van der Waals surface area contributed by atoms with Gasteiger partial charge >= 0.3 is 0 Å². The normalized spacial score (nSPS) is 10.4. The molecule has 0 aliphatic carbocycles. The summed E-state index contributed by atoms with van der Waals surface area (Å²) >= 11 is 10.4. The SMILES string of the molecule is CSc1c(F)c(C)cc(Br)c1Cl. The van der Waals surface area contributed by atoms with Crippen LogP contribution >= 0.6 is 39.3 Å². The third-order valence-corrected chi connectivity index (χ3v) is 3.65. The lowest BCUT2D eigenvalue weighted by atomic mass is 10.2. The van der Waals surface area contributed by atoms with Crippen LogP contribution in [0.5, 0.6) is 0 Å². The molecular weight excluding hydrogens is 263 g/mol. The minimum absolute atomic E-state index is 0.226. The highest BCUT2D eigenvalue weighted by Crippen LogP contribution is 2.35. The fourth-order valence-electron chi connectivity index (χ4n) is 0.880. The number of rotatable bonds is 1. The lowest BCUT2D eigenvalue weighted by Gasteiger charge is -2.06. The Kier molecular flexibility index (Phi) is 3.44. The molecule has 0 bridgehead atoms. The van der Waals surface area contributed by atoms with Gasteiger partial charge in [0, 0.05) is 4.47 Å². The third-order valence-electron chi connectivity index (χ3n) is 1.50. The highest BCUT2D eigenvalue weighted by atomic mass is 79.9. The Bertz CT molecular complexity index is 288. The van der Waals surface area contributed by atoms with Gasteiger partial charge in [-0.1, -0.05) is 11.6 Å². The molecule has 0 unspecified atom stereocenters. The average molecular weight is 270 g/mol. The average Bonchev–Trinajstić information content (AvgIpc) is 2.02. The summed E-state index contributed by atoms with van der Waals surface area (Å²) in [6.45, 7) is 1.72. The van der Waals surface area contributed by atoms with Crippen LogP contribution in [0.25, 0.3) is 0 Å². The molecule has 66 valence electrons. The first-order valence-electron chi connectivity index (χ1n) is 3.26. The van der Waals surface area contributed by atoms with Gasteiger partial charge in [-0.3, -0.25) is 0 Å². The summed E-state index contributed by atoms with van der Waals surface area (Å²) < 4.78 is 14.1. The van der Waals surface area contributed by atoms with Crippen molar-refractivity contribution < 1.29 is 4.39 Å². The molecule has 0 atom stereocenters. The first-order chi connectivity index (χ1) is 5.57. The van der Waals surface area contributed by atoms with E-state index in [-0.39, 0.29) is 5.82 Å². The minimum atomic E-state index is -0.226. The molecule has 0 saturated heterocycles.